The van der Waals surface area contributed by atoms with E-state index < -0.39 is 11.9 Å². The molecule has 2 saturated heterocycles. The standard InChI is InChI=1S/C30H31ClF2N4O2/c1-29(2,3)30-10-9-18(36-30)14-37(15-30)27-22-13-23(31)24(25(32)26(22)34-28(33)35-27)21-12-19(39-16-38-4)11-17-7-5-6-8-20(17)21/h5-8,11-13,18,36H,9-10,14-16H2,1-4H3. The largest absolute Gasteiger partial charge is 0.468 e. The Morgan fingerprint density at radius 1 is 1.13 bits per heavy atom. The van der Waals surface area contributed by atoms with Crippen LogP contribution in [0.25, 0.3) is 32.8 Å². The van der Waals surface area contributed by atoms with Crippen LogP contribution in [0.4, 0.5) is 14.6 Å². The molecule has 2 aliphatic heterocycles. The highest BCUT2D eigenvalue weighted by atomic mass is 35.5. The van der Waals surface area contributed by atoms with Crippen LogP contribution in [-0.4, -0.2) is 48.5 Å². The molecule has 0 spiro atoms. The Hall–Kier alpha value is -3.07. The molecule has 6 rings (SSSR count). The minimum absolute atomic E-state index is 0.0329. The number of halogens is 3. The van der Waals surface area contributed by atoms with Crippen LogP contribution in [0.5, 0.6) is 5.75 Å². The smallest absolute Gasteiger partial charge is 0.311 e. The molecule has 2 bridgehead atoms. The van der Waals surface area contributed by atoms with Gasteiger partial charge in [-0.2, -0.15) is 14.4 Å². The topological polar surface area (TPSA) is 59.5 Å². The summed E-state index contributed by atoms with van der Waals surface area (Å²) in [6.45, 7) is 7.94. The first-order valence-corrected chi connectivity index (χ1v) is 13.5. The first-order chi connectivity index (χ1) is 18.6. The maximum Gasteiger partial charge on any atom is 0.311 e. The van der Waals surface area contributed by atoms with Gasteiger partial charge in [0, 0.05) is 42.7 Å². The third kappa shape index (κ3) is 4.39. The summed E-state index contributed by atoms with van der Waals surface area (Å²) in [5.41, 5.74) is 0.372. The number of rotatable bonds is 5. The van der Waals surface area contributed by atoms with E-state index in [4.69, 9.17) is 21.1 Å². The molecule has 4 aromatic rings. The predicted octanol–water partition coefficient (Wildman–Crippen LogP) is 6.72. The van der Waals surface area contributed by atoms with E-state index in [0.717, 1.165) is 23.6 Å². The molecule has 39 heavy (non-hydrogen) atoms. The van der Waals surface area contributed by atoms with Crippen LogP contribution in [0, 0.1) is 17.3 Å². The second-order valence-electron chi connectivity index (χ2n) is 11.6. The highest BCUT2D eigenvalue weighted by Crippen LogP contribution is 2.46. The van der Waals surface area contributed by atoms with Gasteiger partial charge in [-0.25, -0.2) is 4.39 Å². The lowest BCUT2D eigenvalue weighted by Crippen LogP contribution is -2.65. The van der Waals surface area contributed by atoms with Gasteiger partial charge in [0.2, 0.25) is 0 Å². The summed E-state index contributed by atoms with van der Waals surface area (Å²) < 4.78 is 42.1. The van der Waals surface area contributed by atoms with Crippen molar-refractivity contribution in [3.8, 4) is 16.9 Å². The number of ether oxygens (including phenoxy) is 2. The van der Waals surface area contributed by atoms with Crippen molar-refractivity contribution in [3.05, 3.63) is 59.4 Å². The third-order valence-electron chi connectivity index (χ3n) is 8.32. The average Bonchev–Trinajstić information content (AvgIpc) is 3.22. The molecule has 1 aromatic heterocycles. The van der Waals surface area contributed by atoms with Gasteiger partial charge in [-0.3, -0.25) is 0 Å². The lowest BCUT2D eigenvalue weighted by Gasteiger charge is -2.49. The van der Waals surface area contributed by atoms with E-state index in [0.29, 0.717) is 35.6 Å². The summed E-state index contributed by atoms with van der Waals surface area (Å²) in [4.78, 5) is 10.2. The van der Waals surface area contributed by atoms with Crippen molar-refractivity contribution in [3.63, 3.8) is 0 Å². The fourth-order valence-electron chi connectivity index (χ4n) is 6.21. The number of hydrogen-bond donors (Lipinski definition) is 1. The van der Waals surface area contributed by atoms with Crippen LogP contribution in [0.3, 0.4) is 0 Å². The van der Waals surface area contributed by atoms with Crippen LogP contribution in [0.1, 0.15) is 33.6 Å². The van der Waals surface area contributed by atoms with E-state index in [1.165, 1.54) is 7.11 Å². The Balaban J connectivity index is 1.53. The number of nitrogens with one attached hydrogen (secondary N) is 1. The van der Waals surface area contributed by atoms with Gasteiger partial charge in [-0.15, -0.1) is 0 Å². The molecule has 0 saturated carbocycles. The van der Waals surface area contributed by atoms with E-state index in [9.17, 15) is 4.39 Å². The van der Waals surface area contributed by atoms with Crippen molar-refractivity contribution in [1.29, 1.82) is 0 Å². The fourth-order valence-corrected chi connectivity index (χ4v) is 6.50. The zero-order valence-electron chi connectivity index (χ0n) is 22.4. The fraction of sp³-hybridized carbons (Fsp3) is 0.400. The Bertz CT molecular complexity index is 1590. The van der Waals surface area contributed by atoms with Crippen LogP contribution < -0.4 is 15.0 Å². The van der Waals surface area contributed by atoms with E-state index in [1.807, 2.05) is 30.3 Å². The molecule has 2 atom stereocenters. The van der Waals surface area contributed by atoms with Crippen molar-refractivity contribution in [1.82, 2.24) is 15.3 Å². The van der Waals surface area contributed by atoms with Gasteiger partial charge in [0.25, 0.3) is 0 Å². The third-order valence-corrected chi connectivity index (χ3v) is 8.62. The summed E-state index contributed by atoms with van der Waals surface area (Å²) in [5, 5.41) is 6.00. The first-order valence-electron chi connectivity index (χ1n) is 13.1. The normalized spacial score (nSPS) is 21.2. The number of benzene rings is 3. The minimum Gasteiger partial charge on any atom is -0.468 e. The second-order valence-corrected chi connectivity index (χ2v) is 12.0. The molecule has 9 heteroatoms. The van der Waals surface area contributed by atoms with Gasteiger partial charge in [0.1, 0.15) is 17.1 Å². The molecular formula is C30H31ClF2N4O2. The summed E-state index contributed by atoms with van der Waals surface area (Å²) in [6, 6.07) is 13.0. The number of piperazine rings is 1. The second kappa shape index (κ2) is 9.54. The van der Waals surface area contributed by atoms with E-state index in [2.05, 4.69) is 41.0 Å². The van der Waals surface area contributed by atoms with Crippen LogP contribution >= 0.6 is 11.6 Å². The summed E-state index contributed by atoms with van der Waals surface area (Å²) in [6.07, 6.45) is 1.06. The molecule has 0 aliphatic carbocycles. The quantitative estimate of drug-likeness (QED) is 0.219. The van der Waals surface area contributed by atoms with Gasteiger partial charge in [0.15, 0.2) is 12.6 Å². The molecule has 3 aromatic carbocycles. The van der Waals surface area contributed by atoms with Crippen molar-refractivity contribution >= 4 is 39.1 Å². The number of fused-ring (bicyclic) bond motifs is 4. The molecule has 2 aliphatic rings. The van der Waals surface area contributed by atoms with Gasteiger partial charge in [0.05, 0.1) is 5.02 Å². The van der Waals surface area contributed by atoms with Crippen LogP contribution in [0.15, 0.2) is 42.5 Å². The van der Waals surface area contributed by atoms with Gasteiger partial charge >= 0.3 is 6.08 Å². The highest BCUT2D eigenvalue weighted by Gasteiger charge is 2.51. The molecule has 6 nitrogen and oxygen atoms in total. The molecule has 3 heterocycles. The Morgan fingerprint density at radius 2 is 1.92 bits per heavy atom. The first kappa shape index (κ1) is 26.2. The molecule has 2 fully saturated rings. The zero-order valence-corrected chi connectivity index (χ0v) is 23.2. The maximum absolute atomic E-state index is 16.4. The Kier molecular flexibility index (Phi) is 6.40. The monoisotopic (exact) mass is 552 g/mol. The van der Waals surface area contributed by atoms with Gasteiger partial charge < -0.3 is 19.7 Å². The SMILES string of the molecule is COCOc1cc(-c2c(Cl)cc3c(N4CC5CCC(C(C)(C)C)(C4)N5)nc(F)nc3c2F)c2ccccc2c1. The minimum atomic E-state index is -0.970. The lowest BCUT2D eigenvalue weighted by molar-refractivity contribution is 0.0512. The highest BCUT2D eigenvalue weighted by molar-refractivity contribution is 6.35. The van der Waals surface area contributed by atoms with E-state index >= 15 is 4.39 Å². The van der Waals surface area contributed by atoms with E-state index in [1.54, 1.807) is 12.1 Å². The Labute approximate surface area is 231 Å². The van der Waals surface area contributed by atoms with Gasteiger partial charge in [-0.1, -0.05) is 56.6 Å². The number of hydrogen-bond acceptors (Lipinski definition) is 6. The van der Waals surface area contributed by atoms with Crippen molar-refractivity contribution < 1.29 is 18.3 Å². The van der Waals surface area contributed by atoms with Crippen molar-refractivity contribution in [2.75, 3.05) is 31.9 Å². The molecule has 0 amide bonds. The van der Waals surface area contributed by atoms with Crippen molar-refractivity contribution in [2.45, 2.75) is 45.2 Å². The van der Waals surface area contributed by atoms with Crippen LogP contribution in [0.2, 0.25) is 5.02 Å². The summed E-state index contributed by atoms with van der Waals surface area (Å²) in [7, 11) is 1.53. The van der Waals surface area contributed by atoms with E-state index in [-0.39, 0.29) is 39.9 Å². The molecule has 2 unspecified atom stereocenters. The van der Waals surface area contributed by atoms with Crippen molar-refractivity contribution in [2.24, 2.45) is 5.41 Å². The van der Waals surface area contributed by atoms with Gasteiger partial charge in [-0.05, 0) is 52.8 Å². The molecule has 1 N–H and O–H groups in total. The number of methoxy groups -OCH3 is 1. The zero-order chi connectivity index (χ0) is 27.5. The Morgan fingerprint density at radius 3 is 2.69 bits per heavy atom. The number of anilines is 1. The summed E-state index contributed by atoms with van der Waals surface area (Å²) >= 11 is 6.83. The average molecular weight is 553 g/mol. The lowest BCUT2D eigenvalue weighted by atomic mass is 9.72. The maximum atomic E-state index is 16.4. The van der Waals surface area contributed by atoms with Crippen LogP contribution in [-0.2, 0) is 4.74 Å². The number of nitrogens with zero attached hydrogens (tertiary/aromatic N) is 3. The molecule has 0 radical (unpaired) electrons. The summed E-state index contributed by atoms with van der Waals surface area (Å²) in [5.74, 6) is 0.172. The predicted molar refractivity (Wildman–Crippen MR) is 150 cm³/mol. The number of aromatic nitrogens is 2. The molecule has 204 valence electrons. The molecular weight excluding hydrogens is 522 g/mol.